The second kappa shape index (κ2) is 6.10. The van der Waals surface area contributed by atoms with E-state index in [1.54, 1.807) is 10.7 Å². The van der Waals surface area contributed by atoms with Gasteiger partial charge < -0.3 is 14.5 Å². The van der Waals surface area contributed by atoms with Crippen LogP contribution < -0.4 is 9.80 Å². The number of carbonyl (C=O) groups excluding carboxylic acids is 1. The second-order valence-electron chi connectivity index (χ2n) is 6.59. The van der Waals surface area contributed by atoms with Crippen molar-refractivity contribution in [2.75, 3.05) is 36.0 Å². The molecular weight excluding hydrogens is 330 g/mol. The molecule has 1 unspecified atom stereocenters. The lowest BCUT2D eigenvalue weighted by atomic mass is 10.2. The van der Waals surface area contributed by atoms with Crippen molar-refractivity contribution in [3.63, 3.8) is 0 Å². The molecule has 0 N–H and O–H groups in total. The summed E-state index contributed by atoms with van der Waals surface area (Å²) in [5.41, 5.74) is 3.03. The Bertz CT molecular complexity index is 969. The fraction of sp³-hybridized carbons (Fsp3) is 0.316. The van der Waals surface area contributed by atoms with Gasteiger partial charge in [-0.1, -0.05) is 18.2 Å². The summed E-state index contributed by atoms with van der Waals surface area (Å²) in [7, 11) is 0. The van der Waals surface area contributed by atoms with Crippen LogP contribution in [0.25, 0.3) is 5.65 Å². The van der Waals surface area contributed by atoms with E-state index in [1.165, 1.54) is 5.56 Å². The minimum absolute atomic E-state index is 0.0325. The van der Waals surface area contributed by atoms with Gasteiger partial charge in [-0.3, -0.25) is 4.79 Å². The lowest BCUT2D eigenvalue weighted by Gasteiger charge is -2.34. The predicted molar refractivity (Wildman–Crippen MR) is 97.4 cm³/mol. The van der Waals surface area contributed by atoms with E-state index in [2.05, 4.69) is 21.0 Å². The van der Waals surface area contributed by atoms with Crippen molar-refractivity contribution in [2.24, 2.45) is 0 Å². The van der Waals surface area contributed by atoms with Crippen LogP contribution in [0.1, 0.15) is 5.56 Å². The number of hydrogen-bond acceptors (Lipinski definition) is 5. The van der Waals surface area contributed by atoms with Gasteiger partial charge in [0.15, 0.2) is 11.8 Å². The Balaban J connectivity index is 1.36. The molecule has 1 fully saturated rings. The molecule has 2 aliphatic rings. The standard InChI is InChI=1S/C19H19N5O2/c25-19(23-9-6-14-3-1-2-4-15(14)23)16-13-22(11-12-26-16)17-7-10-24-18(21-17)5-8-20-24/h1-5,7-8,10,16H,6,9,11-13H2. The number of amides is 1. The highest BCUT2D eigenvalue weighted by atomic mass is 16.5. The van der Waals surface area contributed by atoms with E-state index in [0.29, 0.717) is 13.2 Å². The van der Waals surface area contributed by atoms with Crippen LogP contribution in [0, 0.1) is 0 Å². The van der Waals surface area contributed by atoms with E-state index in [9.17, 15) is 4.79 Å². The van der Waals surface area contributed by atoms with Crippen molar-refractivity contribution in [3.05, 3.63) is 54.4 Å². The van der Waals surface area contributed by atoms with E-state index in [1.807, 2.05) is 41.4 Å². The molecule has 1 aromatic carbocycles. The number of anilines is 2. The molecule has 1 atom stereocenters. The molecule has 26 heavy (non-hydrogen) atoms. The zero-order valence-electron chi connectivity index (χ0n) is 14.3. The van der Waals surface area contributed by atoms with Crippen molar-refractivity contribution >= 4 is 23.1 Å². The van der Waals surface area contributed by atoms with Crippen molar-refractivity contribution < 1.29 is 9.53 Å². The summed E-state index contributed by atoms with van der Waals surface area (Å²) in [5, 5.41) is 4.17. The van der Waals surface area contributed by atoms with Gasteiger partial charge in [-0.05, 0) is 24.1 Å². The average molecular weight is 349 g/mol. The van der Waals surface area contributed by atoms with Crippen molar-refractivity contribution in [3.8, 4) is 0 Å². The average Bonchev–Trinajstić information content (AvgIpc) is 3.33. The molecule has 0 bridgehead atoms. The molecule has 1 saturated heterocycles. The van der Waals surface area contributed by atoms with Crippen LogP contribution in [0.2, 0.25) is 0 Å². The molecule has 0 spiro atoms. The number of carbonyl (C=O) groups is 1. The molecular formula is C19H19N5O2. The first-order chi connectivity index (χ1) is 12.8. The molecule has 0 radical (unpaired) electrons. The first kappa shape index (κ1) is 15.3. The maximum absolute atomic E-state index is 13.1. The van der Waals surface area contributed by atoms with Crippen LogP contribution in [0.4, 0.5) is 11.5 Å². The van der Waals surface area contributed by atoms with Gasteiger partial charge in [-0.25, -0.2) is 9.50 Å². The molecule has 5 rings (SSSR count). The first-order valence-electron chi connectivity index (χ1n) is 8.86. The maximum Gasteiger partial charge on any atom is 0.257 e. The molecule has 3 aromatic rings. The fourth-order valence-corrected chi connectivity index (χ4v) is 3.73. The number of fused-ring (bicyclic) bond motifs is 2. The minimum Gasteiger partial charge on any atom is -0.365 e. The van der Waals surface area contributed by atoms with Crippen molar-refractivity contribution in [1.29, 1.82) is 0 Å². The molecule has 4 heterocycles. The summed E-state index contributed by atoms with van der Waals surface area (Å²) in [5.74, 6) is 0.881. The van der Waals surface area contributed by atoms with Gasteiger partial charge in [-0.2, -0.15) is 5.10 Å². The second-order valence-corrected chi connectivity index (χ2v) is 6.59. The highest BCUT2D eigenvalue weighted by molar-refractivity contribution is 5.98. The van der Waals surface area contributed by atoms with Crippen molar-refractivity contribution in [1.82, 2.24) is 14.6 Å². The largest absolute Gasteiger partial charge is 0.365 e. The number of hydrogen-bond donors (Lipinski definition) is 0. The van der Waals surface area contributed by atoms with Crippen LogP contribution in [0.3, 0.4) is 0 Å². The number of aromatic nitrogens is 3. The number of nitrogens with zero attached hydrogens (tertiary/aromatic N) is 5. The number of para-hydroxylation sites is 1. The monoisotopic (exact) mass is 349 g/mol. The summed E-state index contributed by atoms with van der Waals surface area (Å²) < 4.78 is 7.54. The topological polar surface area (TPSA) is 63.0 Å². The number of ether oxygens (including phenoxy) is 1. The third kappa shape index (κ3) is 2.52. The Morgan fingerprint density at radius 3 is 3.04 bits per heavy atom. The van der Waals surface area contributed by atoms with Gasteiger partial charge in [-0.15, -0.1) is 0 Å². The lowest BCUT2D eigenvalue weighted by molar-refractivity contribution is -0.130. The Hall–Kier alpha value is -2.93. The summed E-state index contributed by atoms with van der Waals surface area (Å²) in [6, 6.07) is 11.9. The van der Waals surface area contributed by atoms with Gasteiger partial charge in [0.05, 0.1) is 19.3 Å². The minimum atomic E-state index is -0.474. The van der Waals surface area contributed by atoms with E-state index in [4.69, 9.17) is 4.74 Å². The maximum atomic E-state index is 13.1. The van der Waals surface area contributed by atoms with Crippen LogP contribution in [0.15, 0.2) is 48.8 Å². The Morgan fingerprint density at radius 1 is 1.15 bits per heavy atom. The summed E-state index contributed by atoms with van der Waals surface area (Å²) in [6.45, 7) is 2.46. The molecule has 2 aliphatic heterocycles. The van der Waals surface area contributed by atoms with E-state index >= 15 is 0 Å². The normalized spacial score (nSPS) is 19.8. The Morgan fingerprint density at radius 2 is 2.08 bits per heavy atom. The summed E-state index contributed by atoms with van der Waals surface area (Å²) >= 11 is 0. The molecule has 1 amide bonds. The summed E-state index contributed by atoms with van der Waals surface area (Å²) in [4.78, 5) is 21.7. The van der Waals surface area contributed by atoms with Gasteiger partial charge in [0, 0.05) is 31.0 Å². The number of benzene rings is 1. The SMILES string of the molecule is O=C(C1CN(c2ccn3nccc3n2)CCO1)N1CCc2ccccc21. The van der Waals surface area contributed by atoms with E-state index < -0.39 is 6.10 Å². The van der Waals surface area contributed by atoms with Gasteiger partial charge >= 0.3 is 0 Å². The first-order valence-corrected chi connectivity index (χ1v) is 8.86. The quantitative estimate of drug-likeness (QED) is 0.702. The Kier molecular flexibility index (Phi) is 3.60. The number of rotatable bonds is 2. The van der Waals surface area contributed by atoms with Gasteiger partial charge in [0.2, 0.25) is 0 Å². The predicted octanol–water partition coefficient (Wildman–Crippen LogP) is 1.52. The van der Waals surface area contributed by atoms with Gasteiger partial charge in [0.25, 0.3) is 5.91 Å². The highest BCUT2D eigenvalue weighted by Crippen LogP contribution is 2.29. The molecule has 7 nitrogen and oxygen atoms in total. The smallest absolute Gasteiger partial charge is 0.257 e. The molecule has 2 aromatic heterocycles. The zero-order valence-corrected chi connectivity index (χ0v) is 14.3. The Labute approximate surface area is 150 Å². The highest BCUT2D eigenvalue weighted by Gasteiger charge is 2.34. The van der Waals surface area contributed by atoms with Crippen LogP contribution >= 0.6 is 0 Å². The molecule has 0 saturated carbocycles. The zero-order chi connectivity index (χ0) is 17.5. The third-order valence-electron chi connectivity index (χ3n) is 5.06. The van der Waals surface area contributed by atoms with Crippen LogP contribution in [-0.2, 0) is 16.0 Å². The van der Waals surface area contributed by atoms with E-state index in [-0.39, 0.29) is 5.91 Å². The van der Waals surface area contributed by atoms with Gasteiger partial charge in [0.1, 0.15) is 5.82 Å². The van der Waals surface area contributed by atoms with Crippen molar-refractivity contribution in [2.45, 2.75) is 12.5 Å². The molecule has 132 valence electrons. The van der Waals surface area contributed by atoms with Crippen LogP contribution in [0.5, 0.6) is 0 Å². The number of morpholine rings is 1. The lowest BCUT2D eigenvalue weighted by Crippen LogP contribution is -2.51. The summed E-state index contributed by atoms with van der Waals surface area (Å²) in [6.07, 6.45) is 4.04. The molecule has 0 aliphatic carbocycles. The fourth-order valence-electron chi connectivity index (χ4n) is 3.73. The van der Waals surface area contributed by atoms with Crippen LogP contribution in [-0.4, -0.2) is 52.9 Å². The molecule has 7 heteroatoms. The third-order valence-corrected chi connectivity index (χ3v) is 5.06. The van der Waals surface area contributed by atoms with E-state index in [0.717, 1.165) is 36.7 Å².